The summed E-state index contributed by atoms with van der Waals surface area (Å²) in [5, 5.41) is 0.574. The average molecular weight is 256 g/mol. The minimum atomic E-state index is -4.58. The van der Waals surface area contributed by atoms with Gasteiger partial charge in [0.2, 0.25) is 0 Å². The summed E-state index contributed by atoms with van der Waals surface area (Å²) in [5.41, 5.74) is 5.93. The predicted molar refractivity (Wildman–Crippen MR) is 59.5 cm³/mol. The molecule has 0 aliphatic heterocycles. The van der Waals surface area contributed by atoms with Crippen LogP contribution in [0.2, 0.25) is 0 Å². The standard InChI is InChI=1S/C9H9N2O5P/c10-9(12)8-4-5-3-6(16-17(13,14)15)1-2-7(5)11-8/h1-4,11H,(H2,10,12)(H2,13,14,15). The molecule has 0 saturated heterocycles. The second-order valence-electron chi connectivity index (χ2n) is 3.38. The van der Waals surface area contributed by atoms with Gasteiger partial charge < -0.3 is 15.2 Å². The number of phosphoric acid groups is 1. The second-order valence-corrected chi connectivity index (χ2v) is 4.54. The molecule has 0 atom stereocenters. The van der Waals surface area contributed by atoms with Crippen molar-refractivity contribution >= 4 is 24.6 Å². The Morgan fingerprint density at radius 3 is 2.65 bits per heavy atom. The third kappa shape index (κ3) is 2.65. The maximum Gasteiger partial charge on any atom is 0.524 e. The van der Waals surface area contributed by atoms with E-state index in [4.69, 9.17) is 15.5 Å². The van der Waals surface area contributed by atoms with Crippen LogP contribution in [0, 0.1) is 0 Å². The Morgan fingerprint density at radius 1 is 1.35 bits per heavy atom. The number of aromatic amines is 1. The highest BCUT2D eigenvalue weighted by Gasteiger charge is 2.16. The quantitative estimate of drug-likeness (QED) is 0.602. The lowest BCUT2D eigenvalue weighted by Crippen LogP contribution is -2.10. The summed E-state index contributed by atoms with van der Waals surface area (Å²) < 4.78 is 15.1. The zero-order chi connectivity index (χ0) is 12.6. The highest BCUT2D eigenvalue weighted by Crippen LogP contribution is 2.38. The van der Waals surface area contributed by atoms with E-state index in [2.05, 4.69) is 9.51 Å². The molecule has 2 rings (SSSR count). The van der Waals surface area contributed by atoms with Crippen molar-refractivity contribution in [3.05, 3.63) is 30.0 Å². The first-order valence-corrected chi connectivity index (χ1v) is 6.06. The Balaban J connectivity index is 2.43. The molecule has 1 heterocycles. The number of hydrogen-bond donors (Lipinski definition) is 4. The number of nitrogens with two attached hydrogens (primary N) is 1. The SMILES string of the molecule is NC(=O)c1cc2cc(OP(=O)(O)O)ccc2[nH]1. The molecule has 1 amide bonds. The molecular formula is C9H9N2O5P. The fraction of sp³-hybridized carbons (Fsp3) is 0. The van der Waals surface area contributed by atoms with Crippen LogP contribution in [0.5, 0.6) is 5.75 Å². The fourth-order valence-electron chi connectivity index (χ4n) is 1.44. The van der Waals surface area contributed by atoms with Gasteiger partial charge in [-0.15, -0.1) is 0 Å². The number of nitrogens with one attached hydrogen (secondary N) is 1. The number of rotatable bonds is 3. The van der Waals surface area contributed by atoms with Crippen molar-refractivity contribution in [2.45, 2.75) is 0 Å². The minimum absolute atomic E-state index is 0.0147. The maximum absolute atomic E-state index is 10.9. The lowest BCUT2D eigenvalue weighted by Gasteiger charge is -2.05. The molecule has 1 aromatic heterocycles. The zero-order valence-corrected chi connectivity index (χ0v) is 9.35. The Morgan fingerprint density at radius 2 is 2.06 bits per heavy atom. The van der Waals surface area contributed by atoms with E-state index in [0.717, 1.165) is 0 Å². The van der Waals surface area contributed by atoms with Gasteiger partial charge in [-0.25, -0.2) is 4.57 Å². The molecule has 1 aromatic carbocycles. The van der Waals surface area contributed by atoms with E-state index in [1.807, 2.05) is 0 Å². The van der Waals surface area contributed by atoms with Crippen LogP contribution < -0.4 is 10.3 Å². The van der Waals surface area contributed by atoms with Gasteiger partial charge in [-0.05, 0) is 24.3 Å². The Bertz CT molecular complexity index is 629. The molecule has 0 spiro atoms. The summed E-state index contributed by atoms with van der Waals surface area (Å²) in [7, 11) is -4.58. The summed E-state index contributed by atoms with van der Waals surface area (Å²) in [5.74, 6) is -0.598. The summed E-state index contributed by atoms with van der Waals surface area (Å²) in [4.78, 5) is 31.0. The number of phosphoric ester groups is 1. The van der Waals surface area contributed by atoms with Crippen LogP contribution >= 0.6 is 7.82 Å². The molecule has 5 N–H and O–H groups in total. The Labute approximate surface area is 95.4 Å². The number of aromatic nitrogens is 1. The molecule has 2 aromatic rings. The maximum atomic E-state index is 10.9. The van der Waals surface area contributed by atoms with Gasteiger partial charge in [0.1, 0.15) is 11.4 Å². The van der Waals surface area contributed by atoms with E-state index in [1.165, 1.54) is 24.3 Å². The Kier molecular flexibility index (Phi) is 2.66. The first kappa shape index (κ1) is 11.7. The largest absolute Gasteiger partial charge is 0.524 e. The molecule has 17 heavy (non-hydrogen) atoms. The molecule has 90 valence electrons. The lowest BCUT2D eigenvalue weighted by molar-refractivity contribution is 0.0996. The van der Waals surface area contributed by atoms with Crippen molar-refractivity contribution in [2.75, 3.05) is 0 Å². The van der Waals surface area contributed by atoms with Crippen LogP contribution in [0.1, 0.15) is 10.5 Å². The van der Waals surface area contributed by atoms with Crippen molar-refractivity contribution in [3.63, 3.8) is 0 Å². The summed E-state index contributed by atoms with van der Waals surface area (Å²) in [6, 6.07) is 5.79. The van der Waals surface area contributed by atoms with Gasteiger partial charge in [-0.3, -0.25) is 14.6 Å². The topological polar surface area (TPSA) is 126 Å². The molecule has 0 radical (unpaired) electrons. The summed E-state index contributed by atoms with van der Waals surface area (Å²) in [6.45, 7) is 0. The van der Waals surface area contributed by atoms with E-state index < -0.39 is 13.7 Å². The van der Waals surface area contributed by atoms with Crippen LogP contribution in [0.25, 0.3) is 10.9 Å². The summed E-state index contributed by atoms with van der Waals surface area (Å²) >= 11 is 0. The first-order valence-electron chi connectivity index (χ1n) is 4.53. The summed E-state index contributed by atoms with van der Waals surface area (Å²) in [6.07, 6.45) is 0. The normalized spacial score (nSPS) is 11.6. The van der Waals surface area contributed by atoms with Crippen LogP contribution in [0.4, 0.5) is 0 Å². The van der Waals surface area contributed by atoms with Gasteiger partial charge in [0.25, 0.3) is 5.91 Å². The molecule has 8 heteroatoms. The van der Waals surface area contributed by atoms with Crippen molar-refractivity contribution in [1.29, 1.82) is 0 Å². The molecular weight excluding hydrogens is 247 g/mol. The van der Waals surface area contributed by atoms with Gasteiger partial charge >= 0.3 is 7.82 Å². The molecule has 0 fully saturated rings. The molecule has 0 saturated carbocycles. The van der Waals surface area contributed by atoms with E-state index in [1.54, 1.807) is 0 Å². The van der Waals surface area contributed by atoms with Crippen LogP contribution in [-0.2, 0) is 4.57 Å². The predicted octanol–water partition coefficient (Wildman–Crippen LogP) is 0.738. The van der Waals surface area contributed by atoms with Crippen LogP contribution in [0.3, 0.4) is 0 Å². The highest BCUT2D eigenvalue weighted by molar-refractivity contribution is 7.46. The van der Waals surface area contributed by atoms with Crippen LogP contribution in [0.15, 0.2) is 24.3 Å². The first-order chi connectivity index (χ1) is 7.85. The number of hydrogen-bond acceptors (Lipinski definition) is 3. The second kappa shape index (κ2) is 3.89. The van der Waals surface area contributed by atoms with Crippen LogP contribution in [-0.4, -0.2) is 20.7 Å². The van der Waals surface area contributed by atoms with Gasteiger partial charge in [-0.2, -0.15) is 0 Å². The monoisotopic (exact) mass is 256 g/mol. The van der Waals surface area contributed by atoms with Gasteiger partial charge in [0, 0.05) is 10.9 Å². The fourth-order valence-corrected chi connectivity index (χ4v) is 1.83. The van der Waals surface area contributed by atoms with Gasteiger partial charge in [-0.1, -0.05) is 0 Å². The molecule has 0 unspecified atom stereocenters. The van der Waals surface area contributed by atoms with E-state index in [9.17, 15) is 9.36 Å². The number of carbonyl (C=O) groups is 1. The zero-order valence-electron chi connectivity index (χ0n) is 8.45. The molecule has 0 aliphatic rings. The van der Waals surface area contributed by atoms with Crippen molar-refractivity contribution in [3.8, 4) is 5.75 Å². The average Bonchev–Trinajstić information content (AvgIpc) is 2.57. The number of amides is 1. The number of carbonyl (C=O) groups excluding carboxylic acids is 1. The van der Waals surface area contributed by atoms with Crippen molar-refractivity contribution in [1.82, 2.24) is 4.98 Å². The lowest BCUT2D eigenvalue weighted by atomic mass is 10.2. The number of benzene rings is 1. The molecule has 0 bridgehead atoms. The number of H-pyrrole nitrogens is 1. The molecule has 0 aliphatic carbocycles. The highest BCUT2D eigenvalue weighted by atomic mass is 31.2. The third-order valence-corrected chi connectivity index (χ3v) is 2.53. The van der Waals surface area contributed by atoms with Gasteiger partial charge in [0.05, 0.1) is 0 Å². The molecule has 7 nitrogen and oxygen atoms in total. The third-order valence-electron chi connectivity index (χ3n) is 2.08. The van der Waals surface area contributed by atoms with E-state index in [0.29, 0.717) is 10.9 Å². The van der Waals surface area contributed by atoms with E-state index >= 15 is 0 Å². The smallest absolute Gasteiger partial charge is 0.404 e. The van der Waals surface area contributed by atoms with Gasteiger partial charge in [0.15, 0.2) is 0 Å². The number of primary amides is 1. The minimum Gasteiger partial charge on any atom is -0.404 e. The Hall–Kier alpha value is -1.82. The van der Waals surface area contributed by atoms with E-state index in [-0.39, 0.29) is 11.4 Å². The number of fused-ring (bicyclic) bond motifs is 1. The van der Waals surface area contributed by atoms with Crippen molar-refractivity contribution in [2.24, 2.45) is 5.73 Å². The van der Waals surface area contributed by atoms with Crippen molar-refractivity contribution < 1.29 is 23.7 Å².